The molecule has 18 heavy (non-hydrogen) atoms. The van der Waals surface area contributed by atoms with E-state index in [-0.39, 0.29) is 17.1 Å². The van der Waals surface area contributed by atoms with Crippen LogP contribution in [0.25, 0.3) is 0 Å². The Labute approximate surface area is 120 Å². The Balaban J connectivity index is 2.84. The fraction of sp³-hybridized carbons (Fsp3) is 0.167. The number of benzene rings is 1. The zero-order chi connectivity index (χ0) is 13.5. The average molecular weight is 301 g/mol. The van der Waals surface area contributed by atoms with Gasteiger partial charge in [-0.25, -0.2) is 0 Å². The molecule has 0 unspecified atom stereocenters. The van der Waals surface area contributed by atoms with Gasteiger partial charge in [-0.3, -0.25) is 4.79 Å². The standard InChI is InChI=1S/C12H10Cl2N2OS/c1-18-7-12(17)8(5-15)6-16-11-3-2-9(13)4-10(11)14/h2-4,6,16H,7H2,1H3. The molecule has 0 heterocycles. The van der Waals surface area contributed by atoms with Crippen LogP contribution in [-0.4, -0.2) is 17.8 Å². The molecule has 0 radical (unpaired) electrons. The second-order valence-corrected chi connectivity index (χ2v) is 5.00. The molecule has 0 aliphatic carbocycles. The molecular formula is C12H10Cl2N2OS. The van der Waals surface area contributed by atoms with E-state index < -0.39 is 0 Å². The van der Waals surface area contributed by atoms with Crippen molar-refractivity contribution in [1.29, 1.82) is 5.26 Å². The molecule has 6 heteroatoms. The number of nitrogens with zero attached hydrogens (tertiary/aromatic N) is 1. The Bertz CT molecular complexity index is 523. The molecule has 0 aliphatic heterocycles. The molecule has 3 nitrogen and oxygen atoms in total. The first-order chi connectivity index (χ1) is 8.58. The minimum Gasteiger partial charge on any atom is -0.359 e. The Kier molecular flexibility index (Phi) is 6.06. The maximum Gasteiger partial charge on any atom is 0.184 e. The van der Waals surface area contributed by atoms with Crippen LogP contribution >= 0.6 is 35.0 Å². The molecule has 0 amide bonds. The lowest BCUT2D eigenvalue weighted by atomic mass is 10.2. The van der Waals surface area contributed by atoms with Gasteiger partial charge in [0.1, 0.15) is 11.6 Å². The highest BCUT2D eigenvalue weighted by atomic mass is 35.5. The highest BCUT2D eigenvalue weighted by Crippen LogP contribution is 2.25. The van der Waals surface area contributed by atoms with Gasteiger partial charge in [0.2, 0.25) is 0 Å². The summed E-state index contributed by atoms with van der Waals surface area (Å²) in [6, 6.07) is 6.77. The monoisotopic (exact) mass is 300 g/mol. The number of halogens is 2. The van der Waals surface area contributed by atoms with Crippen LogP contribution in [0.5, 0.6) is 0 Å². The van der Waals surface area contributed by atoms with E-state index >= 15 is 0 Å². The summed E-state index contributed by atoms with van der Waals surface area (Å²) in [5.74, 6) is 0.0534. The number of anilines is 1. The number of allylic oxidation sites excluding steroid dienone is 1. The van der Waals surface area contributed by atoms with Crippen molar-refractivity contribution in [2.45, 2.75) is 0 Å². The number of Topliss-reactive ketones (excluding diaryl/α,β-unsaturated/α-hetero) is 1. The number of hydrogen-bond donors (Lipinski definition) is 1. The van der Waals surface area contributed by atoms with E-state index in [2.05, 4.69) is 5.32 Å². The summed E-state index contributed by atoms with van der Waals surface area (Å²) in [5, 5.41) is 12.6. The van der Waals surface area contributed by atoms with E-state index in [1.807, 2.05) is 6.07 Å². The number of ketones is 1. The van der Waals surface area contributed by atoms with E-state index in [0.29, 0.717) is 15.7 Å². The van der Waals surface area contributed by atoms with Gasteiger partial charge in [-0.15, -0.1) is 0 Å². The van der Waals surface area contributed by atoms with Crippen molar-refractivity contribution in [3.8, 4) is 6.07 Å². The number of thioether (sulfide) groups is 1. The molecular weight excluding hydrogens is 291 g/mol. The summed E-state index contributed by atoms with van der Waals surface area (Å²) >= 11 is 13.1. The molecule has 1 rings (SSSR count). The highest BCUT2D eigenvalue weighted by Gasteiger charge is 2.08. The molecule has 1 aromatic rings. The summed E-state index contributed by atoms with van der Waals surface area (Å²) in [4.78, 5) is 11.5. The van der Waals surface area contributed by atoms with Crippen LogP contribution in [0.2, 0.25) is 10.0 Å². The molecule has 0 atom stereocenters. The highest BCUT2D eigenvalue weighted by molar-refractivity contribution is 7.99. The topological polar surface area (TPSA) is 52.9 Å². The number of hydrogen-bond acceptors (Lipinski definition) is 4. The van der Waals surface area contributed by atoms with Gasteiger partial charge in [0.25, 0.3) is 0 Å². The SMILES string of the molecule is CSCC(=O)C(C#N)=CNc1ccc(Cl)cc1Cl. The minimum atomic E-state index is -0.220. The van der Waals surface area contributed by atoms with Crippen molar-refractivity contribution in [1.82, 2.24) is 0 Å². The second kappa shape index (κ2) is 7.32. The molecule has 0 aliphatic rings. The first kappa shape index (κ1) is 14.9. The number of nitrogens with one attached hydrogen (secondary N) is 1. The van der Waals surface area contributed by atoms with Crippen molar-refractivity contribution >= 4 is 46.4 Å². The van der Waals surface area contributed by atoms with Gasteiger partial charge in [-0.2, -0.15) is 17.0 Å². The van der Waals surface area contributed by atoms with E-state index in [1.54, 1.807) is 24.5 Å². The largest absolute Gasteiger partial charge is 0.359 e. The van der Waals surface area contributed by atoms with Crippen molar-refractivity contribution in [2.75, 3.05) is 17.3 Å². The van der Waals surface area contributed by atoms with E-state index in [9.17, 15) is 4.79 Å². The number of carbonyl (C=O) groups is 1. The van der Waals surface area contributed by atoms with Crippen molar-refractivity contribution < 1.29 is 4.79 Å². The van der Waals surface area contributed by atoms with Gasteiger partial charge < -0.3 is 5.32 Å². The Morgan fingerprint density at radius 1 is 1.56 bits per heavy atom. The van der Waals surface area contributed by atoms with Gasteiger partial charge >= 0.3 is 0 Å². The van der Waals surface area contributed by atoms with Crippen molar-refractivity contribution in [2.24, 2.45) is 0 Å². The van der Waals surface area contributed by atoms with Crippen LogP contribution in [-0.2, 0) is 4.79 Å². The number of nitriles is 1. The predicted molar refractivity (Wildman–Crippen MR) is 77.2 cm³/mol. The first-order valence-electron chi connectivity index (χ1n) is 4.92. The van der Waals surface area contributed by atoms with Crippen LogP contribution < -0.4 is 5.32 Å². The maximum absolute atomic E-state index is 11.5. The van der Waals surface area contributed by atoms with Gasteiger partial charge in [0, 0.05) is 11.2 Å². The predicted octanol–water partition coefficient (Wildman–Crippen LogP) is 3.74. The third kappa shape index (κ3) is 4.26. The zero-order valence-corrected chi connectivity index (χ0v) is 11.9. The normalized spacial score (nSPS) is 10.9. The second-order valence-electron chi connectivity index (χ2n) is 3.29. The van der Waals surface area contributed by atoms with Crippen LogP contribution in [0.4, 0.5) is 5.69 Å². The third-order valence-corrected chi connectivity index (χ3v) is 3.10. The number of carbonyl (C=O) groups excluding carboxylic acids is 1. The molecule has 0 aromatic heterocycles. The molecule has 0 spiro atoms. The third-order valence-electron chi connectivity index (χ3n) is 2.00. The van der Waals surface area contributed by atoms with Gasteiger partial charge in [-0.1, -0.05) is 23.2 Å². The van der Waals surface area contributed by atoms with Crippen molar-refractivity contribution in [3.63, 3.8) is 0 Å². The molecule has 0 bridgehead atoms. The first-order valence-corrected chi connectivity index (χ1v) is 7.07. The smallest absolute Gasteiger partial charge is 0.184 e. The average Bonchev–Trinajstić information content (AvgIpc) is 2.32. The van der Waals surface area contributed by atoms with Crippen molar-refractivity contribution in [3.05, 3.63) is 40.0 Å². The van der Waals surface area contributed by atoms with Gasteiger partial charge in [0.15, 0.2) is 5.78 Å². The Morgan fingerprint density at radius 3 is 2.83 bits per heavy atom. The lowest BCUT2D eigenvalue weighted by molar-refractivity contribution is -0.112. The van der Waals surface area contributed by atoms with E-state index in [0.717, 1.165) is 0 Å². The lowest BCUT2D eigenvalue weighted by Crippen LogP contribution is -2.06. The molecule has 94 valence electrons. The summed E-state index contributed by atoms with van der Waals surface area (Å²) < 4.78 is 0. The molecule has 0 saturated carbocycles. The molecule has 0 saturated heterocycles. The van der Waals surface area contributed by atoms with Crippen LogP contribution in [0.1, 0.15) is 0 Å². The summed E-state index contributed by atoms with van der Waals surface area (Å²) in [6.07, 6.45) is 3.16. The number of rotatable bonds is 5. The van der Waals surface area contributed by atoms with Gasteiger partial charge in [-0.05, 0) is 24.5 Å². The summed E-state index contributed by atoms with van der Waals surface area (Å²) in [7, 11) is 0. The molecule has 0 fully saturated rings. The fourth-order valence-corrected chi connectivity index (χ4v) is 2.02. The van der Waals surface area contributed by atoms with Crippen LogP contribution in [0.3, 0.4) is 0 Å². The lowest BCUT2D eigenvalue weighted by Gasteiger charge is -2.04. The Hall–Kier alpha value is -1.15. The molecule has 1 N–H and O–H groups in total. The maximum atomic E-state index is 11.5. The molecule has 1 aromatic carbocycles. The quantitative estimate of drug-likeness (QED) is 0.665. The van der Waals surface area contributed by atoms with E-state index in [1.165, 1.54) is 18.0 Å². The summed E-state index contributed by atoms with van der Waals surface area (Å²) in [5.41, 5.74) is 0.654. The Morgan fingerprint density at radius 2 is 2.28 bits per heavy atom. The fourth-order valence-electron chi connectivity index (χ4n) is 1.14. The van der Waals surface area contributed by atoms with E-state index in [4.69, 9.17) is 28.5 Å². The minimum absolute atomic E-state index is 0.0652. The van der Waals surface area contributed by atoms with Gasteiger partial charge in [0.05, 0.1) is 16.5 Å². The van der Waals surface area contributed by atoms with Crippen LogP contribution in [0.15, 0.2) is 30.0 Å². The van der Waals surface area contributed by atoms with Crippen LogP contribution in [0, 0.1) is 11.3 Å². The summed E-state index contributed by atoms with van der Waals surface area (Å²) in [6.45, 7) is 0. The zero-order valence-electron chi connectivity index (χ0n) is 9.54.